The van der Waals surface area contributed by atoms with Crippen LogP contribution in [-0.4, -0.2) is 10.8 Å². The number of nitro groups is 1. The molecule has 1 heterocycles. The number of benzene rings is 2. The van der Waals surface area contributed by atoms with Crippen LogP contribution >= 0.6 is 11.6 Å². The molecule has 0 aliphatic carbocycles. The van der Waals surface area contributed by atoms with Gasteiger partial charge in [0.25, 0.3) is 11.6 Å². The number of hydrogen-bond acceptors (Lipinski definition) is 5. The third-order valence-corrected chi connectivity index (χ3v) is 4.03. The summed E-state index contributed by atoms with van der Waals surface area (Å²) in [5, 5.41) is 26.4. The SMILES string of the molecule is Cc1c(C(=O)NCc2cc([N+](=O)[O-])ccc2[O-])oc2ccc(Cl)cc12. The van der Waals surface area contributed by atoms with Gasteiger partial charge in [-0.1, -0.05) is 17.7 Å². The lowest BCUT2D eigenvalue weighted by atomic mass is 10.1. The van der Waals surface area contributed by atoms with Gasteiger partial charge in [-0.15, -0.1) is 5.75 Å². The zero-order chi connectivity index (χ0) is 18.1. The number of carbonyl (C=O) groups is 1. The summed E-state index contributed by atoms with van der Waals surface area (Å²) >= 11 is 5.95. The maximum atomic E-state index is 12.3. The van der Waals surface area contributed by atoms with Crippen molar-refractivity contribution in [2.45, 2.75) is 13.5 Å². The van der Waals surface area contributed by atoms with Crippen LogP contribution in [0.5, 0.6) is 5.75 Å². The molecule has 0 fully saturated rings. The number of halogens is 1. The number of carbonyl (C=O) groups excluding carboxylic acids is 1. The molecule has 0 aliphatic heterocycles. The Balaban J connectivity index is 1.83. The van der Waals surface area contributed by atoms with E-state index in [0.29, 0.717) is 16.2 Å². The number of rotatable bonds is 4. The van der Waals surface area contributed by atoms with Crippen LogP contribution in [-0.2, 0) is 6.54 Å². The molecule has 3 aromatic rings. The van der Waals surface area contributed by atoms with Crippen LogP contribution in [0.3, 0.4) is 0 Å². The number of amides is 1. The first-order valence-corrected chi connectivity index (χ1v) is 7.66. The van der Waals surface area contributed by atoms with Gasteiger partial charge in [0.05, 0.1) is 4.92 Å². The van der Waals surface area contributed by atoms with E-state index in [4.69, 9.17) is 16.0 Å². The van der Waals surface area contributed by atoms with Crippen LogP contribution in [0.4, 0.5) is 5.69 Å². The Morgan fingerprint density at radius 3 is 2.76 bits per heavy atom. The predicted molar refractivity (Wildman–Crippen MR) is 89.7 cm³/mol. The summed E-state index contributed by atoms with van der Waals surface area (Å²) in [7, 11) is 0. The van der Waals surface area contributed by atoms with Crippen molar-refractivity contribution in [2.24, 2.45) is 0 Å². The van der Waals surface area contributed by atoms with Crippen molar-refractivity contribution in [3.8, 4) is 5.75 Å². The summed E-state index contributed by atoms with van der Waals surface area (Å²) in [5.41, 5.74) is 1.06. The number of non-ortho nitro benzene ring substituents is 1. The Hall–Kier alpha value is -3.06. The van der Waals surface area contributed by atoms with Gasteiger partial charge < -0.3 is 14.8 Å². The van der Waals surface area contributed by atoms with Crippen LogP contribution in [0.1, 0.15) is 21.7 Å². The third-order valence-electron chi connectivity index (χ3n) is 3.80. The highest BCUT2D eigenvalue weighted by Gasteiger charge is 2.18. The first-order valence-electron chi connectivity index (χ1n) is 7.28. The van der Waals surface area contributed by atoms with E-state index in [1.54, 1.807) is 25.1 Å². The van der Waals surface area contributed by atoms with Crippen molar-refractivity contribution in [3.05, 3.63) is 68.4 Å². The van der Waals surface area contributed by atoms with Crippen LogP contribution in [0.25, 0.3) is 11.0 Å². The summed E-state index contributed by atoms with van der Waals surface area (Å²) in [6.45, 7) is 1.58. The lowest BCUT2D eigenvalue weighted by Gasteiger charge is -2.13. The first kappa shape index (κ1) is 16.8. The molecule has 0 spiro atoms. The Morgan fingerprint density at radius 1 is 1.28 bits per heavy atom. The fraction of sp³-hybridized carbons (Fsp3) is 0.118. The summed E-state index contributed by atoms with van der Waals surface area (Å²) in [4.78, 5) is 22.5. The molecular formula is C17H12ClN2O5-. The maximum absolute atomic E-state index is 12.3. The molecule has 2 aromatic carbocycles. The van der Waals surface area contributed by atoms with Crippen LogP contribution in [0.2, 0.25) is 5.02 Å². The number of nitrogens with zero attached hydrogens (tertiary/aromatic N) is 1. The molecule has 1 aromatic heterocycles. The van der Waals surface area contributed by atoms with E-state index in [9.17, 15) is 20.0 Å². The molecule has 0 unspecified atom stereocenters. The zero-order valence-corrected chi connectivity index (χ0v) is 13.8. The number of nitro benzene ring substituents is 1. The summed E-state index contributed by atoms with van der Waals surface area (Å²) < 4.78 is 5.54. The molecule has 0 saturated heterocycles. The van der Waals surface area contributed by atoms with Crippen molar-refractivity contribution in [2.75, 3.05) is 0 Å². The Morgan fingerprint density at radius 2 is 2.04 bits per heavy atom. The van der Waals surface area contributed by atoms with Gasteiger partial charge in [0.2, 0.25) is 0 Å². The van der Waals surface area contributed by atoms with Crippen molar-refractivity contribution < 1.29 is 19.2 Å². The molecule has 25 heavy (non-hydrogen) atoms. The highest BCUT2D eigenvalue weighted by Crippen LogP contribution is 2.28. The Bertz CT molecular complexity index is 996. The Kier molecular flexibility index (Phi) is 4.33. The van der Waals surface area contributed by atoms with Gasteiger partial charge in [-0.3, -0.25) is 14.9 Å². The molecule has 1 N–H and O–H groups in total. The molecular weight excluding hydrogens is 348 g/mol. The quantitative estimate of drug-likeness (QED) is 0.567. The standard InChI is InChI=1S/C17H13ClN2O5/c1-9-13-7-11(18)2-5-15(13)25-16(9)17(22)19-8-10-6-12(20(23)24)3-4-14(10)21/h2-7,21H,8H2,1H3,(H,19,22)/p-1. The number of fused-ring (bicyclic) bond motifs is 1. The highest BCUT2D eigenvalue weighted by molar-refractivity contribution is 6.31. The minimum absolute atomic E-state index is 0.107. The van der Waals surface area contributed by atoms with Gasteiger partial charge in [-0.05, 0) is 30.7 Å². The summed E-state index contributed by atoms with van der Waals surface area (Å²) in [6, 6.07) is 8.39. The number of furan rings is 1. The van der Waals surface area contributed by atoms with E-state index in [-0.39, 0.29) is 29.3 Å². The molecule has 1 amide bonds. The van der Waals surface area contributed by atoms with Crippen LogP contribution in [0, 0.1) is 17.0 Å². The van der Waals surface area contributed by atoms with Gasteiger partial charge in [-0.2, -0.15) is 0 Å². The van der Waals surface area contributed by atoms with Crippen molar-refractivity contribution in [3.63, 3.8) is 0 Å². The topological polar surface area (TPSA) is 108 Å². The minimum Gasteiger partial charge on any atom is -0.872 e. The second-order valence-electron chi connectivity index (χ2n) is 5.43. The molecule has 0 aliphatic rings. The van der Waals surface area contributed by atoms with Gasteiger partial charge >= 0.3 is 0 Å². The smallest absolute Gasteiger partial charge is 0.287 e. The van der Waals surface area contributed by atoms with Crippen molar-refractivity contribution in [1.82, 2.24) is 5.32 Å². The van der Waals surface area contributed by atoms with E-state index in [0.717, 1.165) is 23.6 Å². The summed E-state index contributed by atoms with van der Waals surface area (Å²) in [5.74, 6) is -0.801. The average Bonchev–Trinajstić information content (AvgIpc) is 2.90. The van der Waals surface area contributed by atoms with E-state index in [1.165, 1.54) is 0 Å². The molecule has 3 rings (SSSR count). The molecule has 0 saturated carbocycles. The number of aryl methyl sites for hydroxylation is 1. The van der Waals surface area contributed by atoms with Gasteiger partial charge in [0, 0.05) is 34.6 Å². The first-order chi connectivity index (χ1) is 11.9. The summed E-state index contributed by atoms with van der Waals surface area (Å²) in [6.07, 6.45) is 0. The van der Waals surface area contributed by atoms with E-state index in [2.05, 4.69) is 5.32 Å². The number of hydrogen-bond donors (Lipinski definition) is 1. The van der Waals surface area contributed by atoms with Gasteiger partial charge in [0.1, 0.15) is 5.58 Å². The third kappa shape index (κ3) is 3.27. The second-order valence-corrected chi connectivity index (χ2v) is 5.86. The second kappa shape index (κ2) is 6.45. The average molecular weight is 360 g/mol. The molecule has 0 bridgehead atoms. The van der Waals surface area contributed by atoms with Crippen LogP contribution in [0.15, 0.2) is 40.8 Å². The molecule has 0 radical (unpaired) electrons. The number of nitrogens with one attached hydrogen (secondary N) is 1. The zero-order valence-electron chi connectivity index (χ0n) is 13.0. The van der Waals surface area contributed by atoms with Crippen molar-refractivity contribution >= 4 is 34.2 Å². The maximum Gasteiger partial charge on any atom is 0.287 e. The van der Waals surface area contributed by atoms with Crippen LogP contribution < -0.4 is 10.4 Å². The highest BCUT2D eigenvalue weighted by atomic mass is 35.5. The molecule has 128 valence electrons. The predicted octanol–water partition coefficient (Wildman–Crippen LogP) is 3.31. The van der Waals surface area contributed by atoms with E-state index >= 15 is 0 Å². The van der Waals surface area contributed by atoms with E-state index in [1.807, 2.05) is 0 Å². The molecule has 0 atom stereocenters. The lowest BCUT2D eigenvalue weighted by Crippen LogP contribution is -2.23. The van der Waals surface area contributed by atoms with Gasteiger partial charge in [-0.25, -0.2) is 0 Å². The molecule has 7 nitrogen and oxygen atoms in total. The Labute approximate surface area is 147 Å². The fourth-order valence-electron chi connectivity index (χ4n) is 2.48. The van der Waals surface area contributed by atoms with Crippen molar-refractivity contribution in [1.29, 1.82) is 0 Å². The normalized spacial score (nSPS) is 10.8. The minimum atomic E-state index is -0.599. The largest absolute Gasteiger partial charge is 0.872 e. The van der Waals surface area contributed by atoms with Gasteiger partial charge in [0.15, 0.2) is 5.76 Å². The monoisotopic (exact) mass is 359 g/mol. The molecule has 8 heteroatoms. The fourth-order valence-corrected chi connectivity index (χ4v) is 2.66. The lowest BCUT2D eigenvalue weighted by molar-refractivity contribution is -0.385. The van der Waals surface area contributed by atoms with E-state index < -0.39 is 10.8 Å².